The molecule has 0 amide bonds. The summed E-state index contributed by atoms with van der Waals surface area (Å²) in [5, 5.41) is 9.94. The van der Waals surface area contributed by atoms with Gasteiger partial charge in [0.1, 0.15) is 5.75 Å². The van der Waals surface area contributed by atoms with Gasteiger partial charge in [-0.2, -0.15) is 0 Å². The molecule has 0 radical (unpaired) electrons. The Morgan fingerprint density at radius 2 is 1.93 bits per heavy atom. The number of ether oxygens (including phenoxy) is 1. The third kappa shape index (κ3) is 2.72. The third-order valence-electron chi connectivity index (χ3n) is 2.24. The number of hydrogen-bond donors (Lipinski definition) is 1. The molecule has 1 rings (SSSR count). The van der Waals surface area contributed by atoms with E-state index in [0.29, 0.717) is 5.75 Å². The van der Waals surface area contributed by atoms with Crippen molar-refractivity contribution in [3.63, 3.8) is 0 Å². The first-order valence-electron chi connectivity index (χ1n) is 4.74. The second-order valence-corrected chi connectivity index (χ2v) is 3.36. The second kappa shape index (κ2) is 4.44. The second-order valence-electron chi connectivity index (χ2n) is 3.36. The first-order chi connectivity index (χ1) is 6.56. The molecule has 0 aliphatic rings. The Bertz CT molecular complexity index is 272. The molecule has 1 aromatic rings. The summed E-state index contributed by atoms with van der Waals surface area (Å²) in [6.07, 6.45) is 0. The van der Waals surface area contributed by atoms with Crippen LogP contribution in [0, 0.1) is 0 Å². The van der Waals surface area contributed by atoms with E-state index >= 15 is 0 Å². The van der Waals surface area contributed by atoms with Crippen LogP contribution in [0.25, 0.3) is 0 Å². The van der Waals surface area contributed by atoms with Crippen LogP contribution < -0.4 is 4.74 Å². The molecule has 1 unspecified atom stereocenters. The first kappa shape index (κ1) is 11.0. The van der Waals surface area contributed by atoms with E-state index in [1.807, 2.05) is 44.3 Å². The fourth-order valence-corrected chi connectivity index (χ4v) is 1.08. The Balaban J connectivity index is 2.68. The van der Waals surface area contributed by atoms with Crippen molar-refractivity contribution in [2.45, 2.75) is 19.8 Å². The summed E-state index contributed by atoms with van der Waals surface area (Å²) in [5.74, 6) is -0.589. The summed E-state index contributed by atoms with van der Waals surface area (Å²) < 4.78 is 5.44. The van der Waals surface area contributed by atoms with Crippen LogP contribution in [0.5, 0.6) is 5.75 Å². The highest BCUT2D eigenvalue weighted by Gasteiger charge is 2.26. The Hall–Kier alpha value is -1.06. The van der Waals surface area contributed by atoms with Crippen LogP contribution in [0.1, 0.15) is 13.8 Å². The minimum Gasteiger partial charge on any atom is -0.449 e. The zero-order chi connectivity index (χ0) is 10.6. The van der Waals surface area contributed by atoms with Crippen LogP contribution in [-0.4, -0.2) is 29.5 Å². The van der Waals surface area contributed by atoms with Crippen LogP contribution in [0.3, 0.4) is 0 Å². The van der Waals surface area contributed by atoms with Gasteiger partial charge in [-0.1, -0.05) is 25.1 Å². The maximum atomic E-state index is 9.94. The molecule has 0 aliphatic carbocycles. The van der Waals surface area contributed by atoms with Gasteiger partial charge in [-0.05, 0) is 19.2 Å². The highest BCUT2D eigenvalue weighted by atomic mass is 16.6. The van der Waals surface area contributed by atoms with E-state index in [1.165, 1.54) is 0 Å². The van der Waals surface area contributed by atoms with Gasteiger partial charge in [-0.25, -0.2) is 4.90 Å². The molecule has 0 bridgehead atoms. The smallest absolute Gasteiger partial charge is 0.267 e. The number of nitrogens with zero attached hydrogens (tertiary/aromatic N) is 1. The van der Waals surface area contributed by atoms with E-state index in [1.54, 1.807) is 11.8 Å². The normalized spacial score (nSPS) is 15.2. The number of aliphatic hydroxyl groups is 1. The van der Waals surface area contributed by atoms with Crippen molar-refractivity contribution in [3.05, 3.63) is 30.3 Å². The molecule has 3 heteroatoms. The molecule has 1 atom stereocenters. The molecule has 0 aromatic heterocycles. The Morgan fingerprint density at radius 1 is 1.36 bits per heavy atom. The summed E-state index contributed by atoms with van der Waals surface area (Å²) in [6, 6.07) is 9.29. The van der Waals surface area contributed by atoms with Gasteiger partial charge in [0.15, 0.2) is 0 Å². The maximum Gasteiger partial charge on any atom is 0.267 e. The van der Waals surface area contributed by atoms with Crippen molar-refractivity contribution in [3.8, 4) is 5.75 Å². The largest absolute Gasteiger partial charge is 0.449 e. The minimum atomic E-state index is -1.25. The quantitative estimate of drug-likeness (QED) is 0.742. The van der Waals surface area contributed by atoms with Crippen molar-refractivity contribution in [2.24, 2.45) is 0 Å². The van der Waals surface area contributed by atoms with Gasteiger partial charge in [0.2, 0.25) is 0 Å². The van der Waals surface area contributed by atoms with Gasteiger partial charge in [0.25, 0.3) is 5.91 Å². The predicted molar refractivity (Wildman–Crippen MR) is 56.0 cm³/mol. The van der Waals surface area contributed by atoms with Crippen LogP contribution in [0.15, 0.2) is 30.3 Å². The van der Waals surface area contributed by atoms with Gasteiger partial charge >= 0.3 is 0 Å². The fourth-order valence-electron chi connectivity index (χ4n) is 1.08. The lowest BCUT2D eigenvalue weighted by Crippen LogP contribution is -2.48. The monoisotopic (exact) mass is 195 g/mol. The first-order valence-corrected chi connectivity index (χ1v) is 4.74. The van der Waals surface area contributed by atoms with Crippen LogP contribution >= 0.6 is 0 Å². The number of para-hydroxylation sites is 1. The van der Waals surface area contributed by atoms with Gasteiger partial charge < -0.3 is 9.84 Å². The molecule has 78 valence electrons. The van der Waals surface area contributed by atoms with Crippen molar-refractivity contribution >= 4 is 0 Å². The topological polar surface area (TPSA) is 32.7 Å². The Kier molecular flexibility index (Phi) is 3.49. The summed E-state index contributed by atoms with van der Waals surface area (Å²) in [7, 11) is 1.81. The average Bonchev–Trinajstić information content (AvgIpc) is 2.17. The molecule has 0 aliphatic heterocycles. The number of hydrogen-bond acceptors (Lipinski definition) is 3. The van der Waals surface area contributed by atoms with E-state index in [-0.39, 0.29) is 0 Å². The Morgan fingerprint density at radius 3 is 2.43 bits per heavy atom. The number of rotatable bonds is 4. The van der Waals surface area contributed by atoms with Crippen molar-refractivity contribution in [2.75, 3.05) is 13.6 Å². The molecular weight excluding hydrogens is 178 g/mol. The standard InChI is InChI=1S/C11H17NO2/c1-4-12(3)11(2,13)14-10-8-6-5-7-9-10/h5-9,13H,4H2,1-3H3. The molecule has 1 aromatic carbocycles. The van der Waals surface area contributed by atoms with Crippen molar-refractivity contribution in [1.82, 2.24) is 4.90 Å². The van der Waals surface area contributed by atoms with E-state index in [2.05, 4.69) is 0 Å². The average molecular weight is 195 g/mol. The molecular formula is C11H17NO2. The molecule has 0 spiro atoms. The molecule has 0 heterocycles. The highest BCUT2D eigenvalue weighted by Crippen LogP contribution is 2.17. The lowest BCUT2D eigenvalue weighted by molar-refractivity contribution is -0.220. The SMILES string of the molecule is CCN(C)C(C)(O)Oc1ccccc1. The molecule has 1 N–H and O–H groups in total. The van der Waals surface area contributed by atoms with Crippen LogP contribution in [-0.2, 0) is 0 Å². The van der Waals surface area contributed by atoms with E-state index < -0.39 is 5.91 Å². The summed E-state index contributed by atoms with van der Waals surface area (Å²) in [5.41, 5.74) is 0. The highest BCUT2D eigenvalue weighted by molar-refractivity contribution is 5.21. The zero-order valence-corrected chi connectivity index (χ0v) is 8.90. The zero-order valence-electron chi connectivity index (χ0n) is 8.90. The van der Waals surface area contributed by atoms with Crippen LogP contribution in [0.4, 0.5) is 0 Å². The van der Waals surface area contributed by atoms with Gasteiger partial charge in [-0.15, -0.1) is 0 Å². The van der Waals surface area contributed by atoms with Crippen molar-refractivity contribution < 1.29 is 9.84 Å². The summed E-state index contributed by atoms with van der Waals surface area (Å²) in [6.45, 7) is 4.31. The van der Waals surface area contributed by atoms with E-state index in [4.69, 9.17) is 4.74 Å². The van der Waals surface area contributed by atoms with E-state index in [0.717, 1.165) is 6.54 Å². The lowest BCUT2D eigenvalue weighted by Gasteiger charge is -2.32. The molecule has 0 saturated heterocycles. The predicted octanol–water partition coefficient (Wildman–Crippen LogP) is 1.68. The van der Waals surface area contributed by atoms with Gasteiger partial charge in [0, 0.05) is 13.5 Å². The van der Waals surface area contributed by atoms with Crippen molar-refractivity contribution in [1.29, 1.82) is 0 Å². The lowest BCUT2D eigenvalue weighted by atomic mass is 10.3. The number of benzene rings is 1. The maximum absolute atomic E-state index is 9.94. The fraction of sp³-hybridized carbons (Fsp3) is 0.455. The van der Waals surface area contributed by atoms with Gasteiger partial charge in [-0.3, -0.25) is 0 Å². The third-order valence-corrected chi connectivity index (χ3v) is 2.24. The summed E-state index contributed by atoms with van der Waals surface area (Å²) in [4.78, 5) is 1.72. The minimum absolute atomic E-state index is 0.665. The van der Waals surface area contributed by atoms with Crippen LogP contribution in [0.2, 0.25) is 0 Å². The summed E-state index contributed by atoms with van der Waals surface area (Å²) >= 11 is 0. The molecule has 3 nitrogen and oxygen atoms in total. The van der Waals surface area contributed by atoms with E-state index in [9.17, 15) is 5.11 Å². The Labute approximate surface area is 84.9 Å². The molecule has 0 fully saturated rings. The molecule has 14 heavy (non-hydrogen) atoms. The molecule has 0 saturated carbocycles. The van der Waals surface area contributed by atoms with Gasteiger partial charge in [0.05, 0.1) is 0 Å².